The van der Waals surface area contributed by atoms with E-state index in [1.165, 1.54) is 31.6 Å². The lowest BCUT2D eigenvalue weighted by molar-refractivity contribution is 0.0698. The molecule has 1 aliphatic carbocycles. The topological polar surface area (TPSA) is 56.7 Å². The molecule has 1 amide bonds. The van der Waals surface area contributed by atoms with Gasteiger partial charge in [0, 0.05) is 32.2 Å². The number of hydrogen-bond acceptors (Lipinski definition) is 4. The van der Waals surface area contributed by atoms with E-state index >= 15 is 0 Å². The van der Waals surface area contributed by atoms with Crippen LogP contribution in [0.2, 0.25) is 0 Å². The SMILES string of the molecule is CC(C)C1CN(C(=O)c2ccc(O)cn2)CCCN1CC1CC1. The Morgan fingerprint density at radius 3 is 2.74 bits per heavy atom. The third-order valence-electron chi connectivity index (χ3n) is 4.96. The van der Waals surface area contributed by atoms with Gasteiger partial charge in [0.1, 0.15) is 11.4 Å². The van der Waals surface area contributed by atoms with Crippen LogP contribution < -0.4 is 0 Å². The summed E-state index contributed by atoms with van der Waals surface area (Å²) in [4.78, 5) is 21.4. The molecule has 3 rings (SSSR count). The monoisotopic (exact) mass is 317 g/mol. The van der Waals surface area contributed by atoms with Crippen LogP contribution in [0.4, 0.5) is 0 Å². The second-order valence-electron chi connectivity index (χ2n) is 7.26. The molecule has 1 aromatic heterocycles. The van der Waals surface area contributed by atoms with Gasteiger partial charge in [0.2, 0.25) is 0 Å². The molecule has 1 unspecified atom stereocenters. The van der Waals surface area contributed by atoms with Crippen LogP contribution in [0.25, 0.3) is 0 Å². The molecule has 1 aliphatic heterocycles. The molecule has 5 nitrogen and oxygen atoms in total. The minimum Gasteiger partial charge on any atom is -0.506 e. The largest absolute Gasteiger partial charge is 0.506 e. The molecule has 23 heavy (non-hydrogen) atoms. The highest BCUT2D eigenvalue weighted by Gasteiger charge is 2.33. The van der Waals surface area contributed by atoms with Crippen molar-refractivity contribution >= 4 is 5.91 Å². The Morgan fingerprint density at radius 2 is 2.13 bits per heavy atom. The van der Waals surface area contributed by atoms with Gasteiger partial charge < -0.3 is 10.0 Å². The lowest BCUT2D eigenvalue weighted by Crippen LogP contribution is -2.46. The molecule has 0 spiro atoms. The first-order valence-corrected chi connectivity index (χ1v) is 8.73. The minimum atomic E-state index is -0.0241. The van der Waals surface area contributed by atoms with E-state index < -0.39 is 0 Å². The number of aromatic hydroxyl groups is 1. The summed E-state index contributed by atoms with van der Waals surface area (Å²) in [7, 11) is 0. The summed E-state index contributed by atoms with van der Waals surface area (Å²) < 4.78 is 0. The second kappa shape index (κ2) is 6.87. The quantitative estimate of drug-likeness (QED) is 0.926. The van der Waals surface area contributed by atoms with Gasteiger partial charge in [0.05, 0.1) is 6.20 Å². The number of rotatable bonds is 4. The molecular formula is C18H27N3O2. The van der Waals surface area contributed by atoms with Crippen LogP contribution in [-0.2, 0) is 0 Å². The summed E-state index contributed by atoms with van der Waals surface area (Å²) in [5.41, 5.74) is 0.418. The fourth-order valence-electron chi connectivity index (χ4n) is 3.41. The Bertz CT molecular complexity index is 540. The first-order chi connectivity index (χ1) is 11.0. The van der Waals surface area contributed by atoms with Crippen molar-refractivity contribution in [2.75, 3.05) is 26.2 Å². The van der Waals surface area contributed by atoms with E-state index in [0.717, 1.165) is 32.0 Å². The first-order valence-electron chi connectivity index (χ1n) is 8.73. The zero-order valence-corrected chi connectivity index (χ0v) is 14.1. The number of amides is 1. The van der Waals surface area contributed by atoms with E-state index in [1.807, 2.05) is 4.90 Å². The van der Waals surface area contributed by atoms with Gasteiger partial charge in [0.25, 0.3) is 5.91 Å². The van der Waals surface area contributed by atoms with Gasteiger partial charge in [-0.2, -0.15) is 0 Å². The number of pyridine rings is 1. The Labute approximate surface area is 138 Å². The molecule has 1 saturated carbocycles. The van der Waals surface area contributed by atoms with Crippen LogP contribution in [0.5, 0.6) is 5.75 Å². The van der Waals surface area contributed by atoms with Crippen LogP contribution >= 0.6 is 0 Å². The highest BCUT2D eigenvalue weighted by atomic mass is 16.3. The summed E-state index contributed by atoms with van der Waals surface area (Å²) >= 11 is 0. The van der Waals surface area contributed by atoms with Gasteiger partial charge in [-0.1, -0.05) is 13.8 Å². The van der Waals surface area contributed by atoms with E-state index in [2.05, 4.69) is 23.7 Å². The zero-order chi connectivity index (χ0) is 16.4. The van der Waals surface area contributed by atoms with E-state index in [4.69, 9.17) is 0 Å². The lowest BCUT2D eigenvalue weighted by Gasteiger charge is -2.34. The van der Waals surface area contributed by atoms with Gasteiger partial charge in [0.15, 0.2) is 0 Å². The average molecular weight is 317 g/mol. The standard InChI is InChI=1S/C18H27N3O2/c1-13(2)17-12-21(9-3-8-20(17)11-14-4-5-14)18(23)16-7-6-15(22)10-19-16/h6-7,10,13-14,17,22H,3-5,8-9,11-12H2,1-2H3. The Morgan fingerprint density at radius 1 is 1.35 bits per heavy atom. The fraction of sp³-hybridized carbons (Fsp3) is 0.667. The number of hydrogen-bond donors (Lipinski definition) is 1. The third-order valence-corrected chi connectivity index (χ3v) is 4.96. The highest BCUT2D eigenvalue weighted by molar-refractivity contribution is 5.92. The minimum absolute atomic E-state index is 0.0241. The van der Waals surface area contributed by atoms with Crippen molar-refractivity contribution < 1.29 is 9.90 Å². The van der Waals surface area contributed by atoms with Gasteiger partial charge in [-0.05, 0) is 43.2 Å². The molecule has 2 fully saturated rings. The molecule has 2 heterocycles. The van der Waals surface area contributed by atoms with Crippen LogP contribution in [-0.4, -0.2) is 58.0 Å². The lowest BCUT2D eigenvalue weighted by atomic mass is 10.0. The fourth-order valence-corrected chi connectivity index (χ4v) is 3.41. The molecule has 1 N–H and O–H groups in total. The van der Waals surface area contributed by atoms with Crippen LogP contribution in [0.1, 0.15) is 43.6 Å². The van der Waals surface area contributed by atoms with E-state index in [9.17, 15) is 9.90 Å². The smallest absolute Gasteiger partial charge is 0.272 e. The van der Waals surface area contributed by atoms with Gasteiger partial charge in [-0.15, -0.1) is 0 Å². The van der Waals surface area contributed by atoms with Crippen molar-refractivity contribution in [3.05, 3.63) is 24.0 Å². The Balaban J connectivity index is 1.72. The average Bonchev–Trinajstić information content (AvgIpc) is 3.34. The molecule has 1 aromatic rings. The van der Waals surface area contributed by atoms with Gasteiger partial charge in [-0.25, -0.2) is 4.98 Å². The maximum Gasteiger partial charge on any atom is 0.272 e. The van der Waals surface area contributed by atoms with Crippen LogP contribution in [0, 0.1) is 11.8 Å². The molecule has 1 atom stereocenters. The maximum atomic E-state index is 12.7. The molecule has 2 aliphatic rings. The van der Waals surface area contributed by atoms with E-state index in [-0.39, 0.29) is 11.7 Å². The molecule has 1 saturated heterocycles. The van der Waals surface area contributed by atoms with Crippen molar-refractivity contribution in [1.29, 1.82) is 0 Å². The number of nitrogens with zero attached hydrogens (tertiary/aromatic N) is 3. The summed E-state index contributed by atoms with van der Waals surface area (Å²) in [6.45, 7) is 8.31. The molecule has 0 radical (unpaired) electrons. The predicted octanol–water partition coefficient (Wildman–Crippen LogP) is 2.37. The Kier molecular flexibility index (Phi) is 4.85. The number of aromatic nitrogens is 1. The number of carbonyl (C=O) groups is 1. The summed E-state index contributed by atoms with van der Waals surface area (Å²) in [6.07, 6.45) is 5.08. The zero-order valence-electron chi connectivity index (χ0n) is 14.1. The number of carbonyl (C=O) groups excluding carboxylic acids is 1. The predicted molar refractivity (Wildman–Crippen MR) is 89.3 cm³/mol. The molecule has 0 bridgehead atoms. The van der Waals surface area contributed by atoms with Crippen molar-refractivity contribution in [3.8, 4) is 5.75 Å². The van der Waals surface area contributed by atoms with Crippen molar-refractivity contribution in [2.24, 2.45) is 11.8 Å². The molecule has 5 heteroatoms. The molecule has 0 aromatic carbocycles. The Hall–Kier alpha value is -1.62. The normalized spacial score (nSPS) is 23.1. The van der Waals surface area contributed by atoms with E-state index in [1.54, 1.807) is 6.07 Å². The second-order valence-corrected chi connectivity index (χ2v) is 7.26. The first kappa shape index (κ1) is 16.2. The van der Waals surface area contributed by atoms with Gasteiger partial charge in [-0.3, -0.25) is 9.69 Å². The van der Waals surface area contributed by atoms with Crippen molar-refractivity contribution in [1.82, 2.24) is 14.8 Å². The van der Waals surface area contributed by atoms with E-state index in [0.29, 0.717) is 17.7 Å². The summed E-state index contributed by atoms with van der Waals surface area (Å²) in [5, 5.41) is 9.34. The van der Waals surface area contributed by atoms with Crippen molar-refractivity contribution in [2.45, 2.75) is 39.2 Å². The maximum absolute atomic E-state index is 12.7. The van der Waals surface area contributed by atoms with Crippen LogP contribution in [0.15, 0.2) is 18.3 Å². The third kappa shape index (κ3) is 4.02. The molecular weight excluding hydrogens is 290 g/mol. The van der Waals surface area contributed by atoms with Crippen molar-refractivity contribution in [3.63, 3.8) is 0 Å². The van der Waals surface area contributed by atoms with Crippen LogP contribution in [0.3, 0.4) is 0 Å². The summed E-state index contributed by atoms with van der Waals surface area (Å²) in [6, 6.07) is 3.55. The summed E-state index contributed by atoms with van der Waals surface area (Å²) in [5.74, 6) is 1.46. The highest BCUT2D eigenvalue weighted by Crippen LogP contribution is 2.32. The van der Waals surface area contributed by atoms with Gasteiger partial charge >= 0.3 is 0 Å². The molecule has 126 valence electrons.